The van der Waals surface area contributed by atoms with Crippen LogP contribution in [0, 0.1) is 0 Å². The van der Waals surface area contributed by atoms with E-state index in [9.17, 15) is 13.2 Å². The summed E-state index contributed by atoms with van der Waals surface area (Å²) in [7, 11) is -2.53. The number of carbonyl (C=O) groups excluding carboxylic acids is 1. The Morgan fingerprint density at radius 3 is 2.25 bits per heavy atom. The summed E-state index contributed by atoms with van der Waals surface area (Å²) in [5, 5.41) is 3.09. The maximum absolute atomic E-state index is 13.4. The Hall–Kier alpha value is -3.03. The smallest absolute Gasteiger partial charge is 0.264 e. The van der Waals surface area contributed by atoms with Crippen LogP contribution in [0.25, 0.3) is 0 Å². The number of ether oxygens (including phenoxy) is 1. The van der Waals surface area contributed by atoms with Gasteiger partial charge in [0.25, 0.3) is 10.0 Å². The number of sulfonamides is 1. The van der Waals surface area contributed by atoms with E-state index in [-0.39, 0.29) is 28.1 Å². The van der Waals surface area contributed by atoms with Gasteiger partial charge in [0, 0.05) is 6.54 Å². The van der Waals surface area contributed by atoms with Crippen molar-refractivity contribution in [2.75, 3.05) is 24.5 Å². The number of hydrogen-bond acceptors (Lipinski definition) is 4. The van der Waals surface area contributed by atoms with Gasteiger partial charge in [0.15, 0.2) is 0 Å². The summed E-state index contributed by atoms with van der Waals surface area (Å²) in [6, 6.07) is 22.4. The highest BCUT2D eigenvalue weighted by Crippen LogP contribution is 2.31. The number of anilines is 1. The summed E-state index contributed by atoms with van der Waals surface area (Å²) >= 11 is 6.23. The summed E-state index contributed by atoms with van der Waals surface area (Å²) in [6.07, 6.45) is 0. The molecule has 0 heterocycles. The van der Waals surface area contributed by atoms with Crippen molar-refractivity contribution >= 4 is 33.2 Å². The first-order chi connectivity index (χ1) is 15.3. The first-order valence-electron chi connectivity index (χ1n) is 10.1. The van der Waals surface area contributed by atoms with Crippen LogP contribution in [-0.4, -0.2) is 34.5 Å². The molecule has 0 bridgehead atoms. The molecular formula is C24H25ClN2O4S. The first-order valence-corrected chi connectivity index (χ1v) is 11.9. The molecule has 3 aromatic carbocycles. The molecule has 32 heavy (non-hydrogen) atoms. The predicted molar refractivity (Wildman–Crippen MR) is 127 cm³/mol. The molecule has 0 aromatic heterocycles. The van der Waals surface area contributed by atoms with E-state index in [0.717, 1.165) is 9.87 Å². The summed E-state index contributed by atoms with van der Waals surface area (Å²) in [5.74, 6) is 0.0719. The summed E-state index contributed by atoms with van der Waals surface area (Å²) in [4.78, 5) is 12.9. The Balaban J connectivity index is 1.84. The van der Waals surface area contributed by atoms with Gasteiger partial charge in [-0.05, 0) is 41.8 Å². The predicted octanol–water partition coefficient (Wildman–Crippen LogP) is 4.46. The highest BCUT2D eigenvalue weighted by Gasteiger charge is 2.27. The normalized spacial score (nSPS) is 12.1. The van der Waals surface area contributed by atoms with Gasteiger partial charge in [0.05, 0.1) is 22.7 Å². The molecule has 0 spiro atoms. The Kier molecular flexibility index (Phi) is 7.77. The Bertz CT molecular complexity index is 1160. The molecule has 3 rings (SSSR count). The van der Waals surface area contributed by atoms with E-state index < -0.39 is 15.9 Å². The molecule has 0 fully saturated rings. The van der Waals surface area contributed by atoms with Crippen LogP contribution in [0.4, 0.5) is 5.69 Å². The highest BCUT2D eigenvalue weighted by molar-refractivity contribution is 7.92. The van der Waals surface area contributed by atoms with Crippen LogP contribution in [0.1, 0.15) is 18.4 Å². The number of hydrogen-bond donors (Lipinski definition) is 1. The molecule has 0 aliphatic rings. The van der Waals surface area contributed by atoms with Gasteiger partial charge in [0.2, 0.25) is 5.91 Å². The van der Waals surface area contributed by atoms with Crippen LogP contribution in [0.3, 0.4) is 0 Å². The van der Waals surface area contributed by atoms with E-state index in [4.69, 9.17) is 16.3 Å². The number of rotatable bonds is 9. The zero-order chi connectivity index (χ0) is 23.1. The van der Waals surface area contributed by atoms with Crippen LogP contribution in [0.2, 0.25) is 5.02 Å². The molecule has 6 nitrogen and oxygen atoms in total. The molecule has 1 amide bonds. The lowest BCUT2D eigenvalue weighted by Gasteiger charge is -2.25. The van der Waals surface area contributed by atoms with Gasteiger partial charge in [-0.2, -0.15) is 0 Å². The van der Waals surface area contributed by atoms with Crippen molar-refractivity contribution in [1.82, 2.24) is 5.32 Å². The molecule has 3 aromatic rings. The second-order valence-corrected chi connectivity index (χ2v) is 9.53. The van der Waals surface area contributed by atoms with E-state index in [2.05, 4.69) is 5.32 Å². The van der Waals surface area contributed by atoms with Crippen molar-refractivity contribution in [3.63, 3.8) is 0 Å². The fourth-order valence-electron chi connectivity index (χ4n) is 3.20. The van der Waals surface area contributed by atoms with Crippen molar-refractivity contribution in [2.45, 2.75) is 17.7 Å². The van der Waals surface area contributed by atoms with Crippen LogP contribution in [-0.2, 0) is 14.8 Å². The molecule has 8 heteroatoms. The van der Waals surface area contributed by atoms with Crippen molar-refractivity contribution in [2.24, 2.45) is 0 Å². The molecule has 1 N–H and O–H groups in total. The van der Waals surface area contributed by atoms with Crippen LogP contribution in [0.5, 0.6) is 5.75 Å². The number of nitrogens with zero attached hydrogens (tertiary/aromatic N) is 1. The van der Waals surface area contributed by atoms with Crippen LogP contribution < -0.4 is 14.4 Å². The summed E-state index contributed by atoms with van der Waals surface area (Å²) in [6.45, 7) is 1.99. The molecule has 1 atom stereocenters. The molecular weight excluding hydrogens is 448 g/mol. The zero-order valence-electron chi connectivity index (χ0n) is 17.9. The Labute approximate surface area is 193 Å². The third kappa shape index (κ3) is 5.60. The third-order valence-corrected chi connectivity index (χ3v) is 7.10. The molecule has 0 saturated carbocycles. The number of carbonyl (C=O) groups is 1. The van der Waals surface area contributed by atoms with Gasteiger partial charge in [-0.1, -0.05) is 67.1 Å². The standard InChI is InChI=1S/C24H25ClN2O4S/c1-18(19-9-5-3-6-10-19)16-26-24(28)17-27(20-13-14-23(31-2)22(25)15-20)32(29,30)21-11-7-4-8-12-21/h3-15,18H,16-17H2,1-2H3,(H,26,28)/t18-/m1/s1. The lowest BCUT2D eigenvalue weighted by atomic mass is 10.0. The Morgan fingerprint density at radius 1 is 1.03 bits per heavy atom. The molecule has 0 radical (unpaired) electrons. The van der Waals surface area contributed by atoms with Gasteiger partial charge in [0.1, 0.15) is 12.3 Å². The number of nitrogens with one attached hydrogen (secondary N) is 1. The van der Waals surface area contributed by atoms with Crippen LogP contribution >= 0.6 is 11.6 Å². The van der Waals surface area contributed by atoms with Gasteiger partial charge >= 0.3 is 0 Å². The Morgan fingerprint density at radius 2 is 1.66 bits per heavy atom. The minimum Gasteiger partial charge on any atom is -0.495 e. The molecule has 0 unspecified atom stereocenters. The van der Waals surface area contributed by atoms with Crippen LogP contribution in [0.15, 0.2) is 83.8 Å². The average molecular weight is 473 g/mol. The number of amides is 1. The third-order valence-electron chi connectivity index (χ3n) is 5.02. The number of benzene rings is 3. The average Bonchev–Trinajstić information content (AvgIpc) is 2.82. The number of halogens is 1. The van der Waals surface area contributed by atoms with Crippen molar-refractivity contribution in [3.05, 3.63) is 89.4 Å². The SMILES string of the molecule is COc1ccc(N(CC(=O)NC[C@@H](C)c2ccccc2)S(=O)(=O)c2ccccc2)cc1Cl. The monoisotopic (exact) mass is 472 g/mol. The lowest BCUT2D eigenvalue weighted by Crippen LogP contribution is -2.41. The lowest BCUT2D eigenvalue weighted by molar-refractivity contribution is -0.119. The van der Waals surface area contributed by atoms with Crippen molar-refractivity contribution in [3.8, 4) is 5.75 Å². The minimum absolute atomic E-state index is 0.0785. The second-order valence-electron chi connectivity index (χ2n) is 7.26. The molecule has 0 aliphatic heterocycles. The van der Waals surface area contributed by atoms with E-state index in [1.807, 2.05) is 37.3 Å². The van der Waals surface area contributed by atoms with Gasteiger partial charge < -0.3 is 10.1 Å². The van der Waals surface area contributed by atoms with E-state index in [1.165, 1.54) is 25.3 Å². The fraction of sp³-hybridized carbons (Fsp3) is 0.208. The topological polar surface area (TPSA) is 75.7 Å². The first kappa shape index (κ1) is 23.6. The summed E-state index contributed by atoms with van der Waals surface area (Å²) in [5.41, 5.74) is 1.36. The summed E-state index contributed by atoms with van der Waals surface area (Å²) < 4.78 is 32.9. The van der Waals surface area contributed by atoms with Crippen molar-refractivity contribution < 1.29 is 17.9 Å². The molecule has 0 aliphatic carbocycles. The molecule has 0 saturated heterocycles. The quantitative estimate of drug-likeness (QED) is 0.498. The zero-order valence-corrected chi connectivity index (χ0v) is 19.4. The van der Waals surface area contributed by atoms with E-state index in [0.29, 0.717) is 12.3 Å². The molecule has 168 valence electrons. The van der Waals surface area contributed by atoms with E-state index in [1.54, 1.807) is 30.3 Å². The fourth-order valence-corrected chi connectivity index (χ4v) is 4.88. The largest absolute Gasteiger partial charge is 0.495 e. The second kappa shape index (κ2) is 10.5. The van der Waals surface area contributed by atoms with Gasteiger partial charge in [-0.25, -0.2) is 8.42 Å². The van der Waals surface area contributed by atoms with Crippen molar-refractivity contribution in [1.29, 1.82) is 0 Å². The maximum Gasteiger partial charge on any atom is 0.264 e. The number of methoxy groups -OCH3 is 1. The minimum atomic E-state index is -4.00. The highest BCUT2D eigenvalue weighted by atomic mass is 35.5. The van der Waals surface area contributed by atoms with Gasteiger partial charge in [-0.15, -0.1) is 0 Å². The van der Waals surface area contributed by atoms with Gasteiger partial charge in [-0.3, -0.25) is 9.10 Å². The van der Waals surface area contributed by atoms with E-state index >= 15 is 0 Å². The maximum atomic E-state index is 13.4.